The van der Waals surface area contributed by atoms with E-state index in [1.165, 1.54) is 45.4 Å². The Morgan fingerprint density at radius 3 is 2.51 bits per heavy atom. The average Bonchev–Trinajstić information content (AvgIpc) is 2.81. The van der Waals surface area contributed by atoms with Crippen LogP contribution >= 0.6 is 0 Å². The van der Waals surface area contributed by atoms with Crippen LogP contribution in [0.5, 0.6) is 11.5 Å². The van der Waals surface area contributed by atoms with Crippen molar-refractivity contribution in [1.29, 1.82) is 0 Å². The second kappa shape index (κ2) is 12.5. The van der Waals surface area contributed by atoms with Crippen LogP contribution in [0.1, 0.15) is 67.6 Å². The quantitative estimate of drug-likeness (QED) is 0.351. The van der Waals surface area contributed by atoms with Gasteiger partial charge >= 0.3 is 11.9 Å². The van der Waals surface area contributed by atoms with Gasteiger partial charge in [-0.15, -0.1) is 0 Å². The first-order chi connectivity index (χ1) is 17.6. The second-order valence-electron chi connectivity index (χ2n) is 9.14. The summed E-state index contributed by atoms with van der Waals surface area (Å²) >= 11 is 0. The van der Waals surface area contributed by atoms with E-state index in [0.717, 1.165) is 30.4 Å². The first-order valence-electron chi connectivity index (χ1n) is 12.2. The van der Waals surface area contributed by atoms with Crippen LogP contribution in [0.3, 0.4) is 0 Å². The Kier molecular flexibility index (Phi) is 9.43. The van der Waals surface area contributed by atoms with Gasteiger partial charge in [0.1, 0.15) is 18.0 Å². The maximum absolute atomic E-state index is 13.7. The topological polar surface area (TPSA) is 113 Å². The summed E-state index contributed by atoms with van der Waals surface area (Å²) in [5.41, 5.74) is 1.62. The van der Waals surface area contributed by atoms with E-state index in [0.29, 0.717) is 5.92 Å². The molecule has 1 aromatic heterocycles. The molecule has 1 heterocycles. The van der Waals surface area contributed by atoms with Crippen LogP contribution in [0.4, 0.5) is 4.39 Å². The zero-order chi connectivity index (χ0) is 27.1. The Labute approximate surface area is 215 Å². The molecule has 0 unspecified atom stereocenters. The molecule has 3 rings (SSSR count). The Hall–Kier alpha value is -3.69. The zero-order valence-electron chi connectivity index (χ0n) is 21.7. The van der Waals surface area contributed by atoms with Crippen molar-refractivity contribution in [3.05, 3.63) is 53.1 Å². The number of amides is 1. The molecule has 9 nitrogen and oxygen atoms in total. The molecule has 10 heteroatoms. The van der Waals surface area contributed by atoms with Gasteiger partial charge in [-0.3, -0.25) is 9.59 Å². The lowest BCUT2D eigenvalue weighted by molar-refractivity contribution is -0.152. The van der Waals surface area contributed by atoms with Crippen LogP contribution in [0.15, 0.2) is 30.5 Å². The largest absolute Gasteiger partial charge is 0.493 e. The number of esters is 2. The normalized spacial score (nSPS) is 15.5. The third-order valence-corrected chi connectivity index (χ3v) is 6.53. The molecule has 0 radical (unpaired) electrons. The smallest absolute Gasteiger partial charge is 0.328 e. The number of carbonyl (C=O) groups excluding carboxylic acids is 3. The number of halogens is 1. The van der Waals surface area contributed by atoms with Crippen molar-refractivity contribution < 1.29 is 37.7 Å². The molecule has 1 aromatic carbocycles. The van der Waals surface area contributed by atoms with Crippen LogP contribution < -0.4 is 14.8 Å². The van der Waals surface area contributed by atoms with Crippen molar-refractivity contribution in [2.75, 3.05) is 13.9 Å². The van der Waals surface area contributed by atoms with Crippen molar-refractivity contribution in [2.45, 2.75) is 65.0 Å². The summed E-state index contributed by atoms with van der Waals surface area (Å²) in [5.74, 6) is -1.76. The van der Waals surface area contributed by atoms with E-state index in [2.05, 4.69) is 10.3 Å². The van der Waals surface area contributed by atoms with Crippen LogP contribution in [0.2, 0.25) is 0 Å². The average molecular weight is 517 g/mol. The number of aromatic nitrogens is 1. The molecule has 200 valence electrons. The minimum Gasteiger partial charge on any atom is -0.493 e. The van der Waals surface area contributed by atoms with E-state index in [9.17, 15) is 18.8 Å². The molecule has 2 aromatic rings. The number of methoxy groups -OCH3 is 1. The summed E-state index contributed by atoms with van der Waals surface area (Å²) in [5, 5.41) is 2.58. The molecular weight excluding hydrogens is 483 g/mol. The van der Waals surface area contributed by atoms with Crippen molar-refractivity contribution >= 4 is 17.8 Å². The Morgan fingerprint density at radius 2 is 1.92 bits per heavy atom. The lowest BCUT2D eigenvalue weighted by Gasteiger charge is -2.38. The summed E-state index contributed by atoms with van der Waals surface area (Å²) < 4.78 is 34.9. The molecule has 1 aliphatic carbocycles. The number of pyridine rings is 1. The molecule has 1 saturated carbocycles. The minimum atomic E-state index is -0.999. The fourth-order valence-electron chi connectivity index (χ4n) is 4.45. The standard InChI is InChI=1S/C27H33FN2O7/c1-15-13-20(28)9-10-21(15)23(19-7-6-8-19)17(3)37-27(33)16(2)30-26(32)24-25(36-14-35-18(4)31)22(34-5)11-12-29-24/h9-13,16-17,19,23H,6-8,14H2,1-5H3,(H,30,32)/t16-,17-,23-/m0/s1. The number of nitrogens with zero attached hydrogens (tertiary/aromatic N) is 1. The predicted molar refractivity (Wildman–Crippen MR) is 132 cm³/mol. The highest BCUT2D eigenvalue weighted by Gasteiger charge is 2.36. The third kappa shape index (κ3) is 6.96. The minimum absolute atomic E-state index is 0.0329. The molecule has 1 aliphatic rings. The Bertz CT molecular complexity index is 1140. The van der Waals surface area contributed by atoms with Crippen molar-refractivity contribution in [2.24, 2.45) is 5.92 Å². The van der Waals surface area contributed by atoms with Crippen molar-refractivity contribution in [3.63, 3.8) is 0 Å². The van der Waals surface area contributed by atoms with Gasteiger partial charge in [0.05, 0.1) is 7.11 Å². The van der Waals surface area contributed by atoms with Gasteiger partial charge in [0, 0.05) is 25.1 Å². The van der Waals surface area contributed by atoms with Gasteiger partial charge < -0.3 is 24.3 Å². The fraction of sp³-hybridized carbons (Fsp3) is 0.481. The van der Waals surface area contributed by atoms with Gasteiger partial charge in [-0.1, -0.05) is 12.5 Å². The number of carbonyl (C=O) groups is 3. The molecule has 1 amide bonds. The third-order valence-electron chi connectivity index (χ3n) is 6.53. The Balaban J connectivity index is 1.70. The zero-order valence-corrected chi connectivity index (χ0v) is 21.7. The number of rotatable bonds is 11. The number of benzene rings is 1. The van der Waals surface area contributed by atoms with Gasteiger partial charge in [0.15, 0.2) is 17.2 Å². The lowest BCUT2D eigenvalue weighted by Crippen LogP contribution is -2.42. The predicted octanol–water partition coefficient (Wildman–Crippen LogP) is 4.07. The molecule has 0 saturated heterocycles. The molecule has 0 aliphatic heterocycles. The number of ether oxygens (including phenoxy) is 4. The highest BCUT2D eigenvalue weighted by molar-refractivity contribution is 5.98. The summed E-state index contributed by atoms with van der Waals surface area (Å²) in [6, 6.07) is 5.15. The number of nitrogens with one attached hydrogen (secondary N) is 1. The van der Waals surface area contributed by atoms with E-state index in [-0.39, 0.29) is 28.9 Å². The monoisotopic (exact) mass is 516 g/mol. The molecule has 0 bridgehead atoms. The maximum Gasteiger partial charge on any atom is 0.328 e. The molecule has 3 atom stereocenters. The SMILES string of the molecule is COc1ccnc(C(=O)N[C@@H](C)C(=O)O[C@@H](C)[C@H](c2ccc(F)cc2C)C2CCC2)c1OCOC(C)=O. The van der Waals surface area contributed by atoms with Crippen molar-refractivity contribution in [3.8, 4) is 11.5 Å². The lowest BCUT2D eigenvalue weighted by atomic mass is 9.70. The van der Waals surface area contributed by atoms with E-state index in [1.807, 2.05) is 13.8 Å². The first-order valence-corrected chi connectivity index (χ1v) is 12.2. The second-order valence-corrected chi connectivity index (χ2v) is 9.14. The highest BCUT2D eigenvalue weighted by atomic mass is 19.1. The van der Waals surface area contributed by atoms with Gasteiger partial charge in [-0.05, 0) is 62.8 Å². The summed E-state index contributed by atoms with van der Waals surface area (Å²) in [4.78, 5) is 41.0. The molecule has 0 spiro atoms. The fourth-order valence-corrected chi connectivity index (χ4v) is 4.45. The van der Waals surface area contributed by atoms with E-state index >= 15 is 0 Å². The summed E-state index contributed by atoms with van der Waals surface area (Å²) in [7, 11) is 1.39. The first kappa shape index (κ1) is 27.9. The number of hydrogen-bond donors (Lipinski definition) is 1. The highest BCUT2D eigenvalue weighted by Crippen LogP contribution is 2.43. The van der Waals surface area contributed by atoms with Crippen LogP contribution in [0.25, 0.3) is 0 Å². The molecule has 1 N–H and O–H groups in total. The van der Waals surface area contributed by atoms with E-state index in [1.54, 1.807) is 6.07 Å². The maximum atomic E-state index is 13.7. The number of aryl methyl sites for hydroxylation is 1. The van der Waals surface area contributed by atoms with E-state index < -0.39 is 36.8 Å². The van der Waals surface area contributed by atoms with E-state index in [4.69, 9.17) is 18.9 Å². The molecule has 37 heavy (non-hydrogen) atoms. The van der Waals surface area contributed by atoms with Gasteiger partial charge in [-0.25, -0.2) is 14.2 Å². The summed E-state index contributed by atoms with van der Waals surface area (Å²) in [6.45, 7) is 5.96. The van der Waals surface area contributed by atoms with Crippen LogP contribution in [-0.4, -0.2) is 48.9 Å². The van der Waals surface area contributed by atoms with Gasteiger partial charge in [-0.2, -0.15) is 0 Å². The van der Waals surface area contributed by atoms with Crippen LogP contribution in [0, 0.1) is 18.7 Å². The van der Waals surface area contributed by atoms with Crippen LogP contribution in [-0.2, 0) is 19.1 Å². The van der Waals surface area contributed by atoms with Gasteiger partial charge in [0.25, 0.3) is 5.91 Å². The van der Waals surface area contributed by atoms with Gasteiger partial charge in [0.2, 0.25) is 6.79 Å². The number of hydrogen-bond acceptors (Lipinski definition) is 8. The molecule has 1 fully saturated rings. The van der Waals surface area contributed by atoms with Crippen molar-refractivity contribution in [1.82, 2.24) is 10.3 Å². The Morgan fingerprint density at radius 1 is 1.19 bits per heavy atom. The summed E-state index contributed by atoms with van der Waals surface area (Å²) in [6.07, 6.45) is 3.98. The molecular formula is C27H33FN2O7.